The number of benzene rings is 2. The van der Waals surface area contributed by atoms with Gasteiger partial charge in [0.25, 0.3) is 5.91 Å². The van der Waals surface area contributed by atoms with Gasteiger partial charge in [-0.05, 0) is 49.2 Å². The number of methoxy groups -OCH3 is 1. The molecule has 25 heavy (non-hydrogen) atoms. The van der Waals surface area contributed by atoms with Gasteiger partial charge in [-0.2, -0.15) is 0 Å². The Morgan fingerprint density at radius 2 is 1.88 bits per heavy atom. The van der Waals surface area contributed by atoms with E-state index in [0.717, 1.165) is 12.8 Å². The molecule has 4 rings (SSSR count). The van der Waals surface area contributed by atoms with Gasteiger partial charge >= 0.3 is 0 Å². The highest BCUT2D eigenvalue weighted by Gasteiger charge is 2.46. The monoisotopic (exact) mass is 359 g/mol. The van der Waals surface area contributed by atoms with Crippen LogP contribution < -0.4 is 19.5 Å². The molecule has 1 N–H and O–H groups in total. The highest BCUT2D eigenvalue weighted by Crippen LogP contribution is 2.49. The number of rotatable bonds is 3. The zero-order valence-corrected chi connectivity index (χ0v) is 14.6. The lowest BCUT2D eigenvalue weighted by molar-refractivity contribution is 0.102. The van der Waals surface area contributed by atoms with E-state index < -0.39 is 0 Å². The van der Waals surface area contributed by atoms with E-state index in [9.17, 15) is 4.79 Å². The van der Waals surface area contributed by atoms with E-state index >= 15 is 0 Å². The van der Waals surface area contributed by atoms with Crippen molar-refractivity contribution in [1.82, 2.24) is 0 Å². The van der Waals surface area contributed by atoms with Crippen molar-refractivity contribution in [3.05, 3.63) is 47.0 Å². The van der Waals surface area contributed by atoms with Crippen LogP contribution in [0.15, 0.2) is 36.4 Å². The first-order valence-corrected chi connectivity index (χ1v) is 8.51. The van der Waals surface area contributed by atoms with Crippen LogP contribution in [-0.4, -0.2) is 26.2 Å². The van der Waals surface area contributed by atoms with E-state index in [4.69, 9.17) is 25.8 Å². The lowest BCUT2D eigenvalue weighted by Gasteiger charge is -2.11. The first kappa shape index (κ1) is 16.1. The van der Waals surface area contributed by atoms with Crippen molar-refractivity contribution >= 4 is 23.2 Å². The SMILES string of the molecule is COc1ccc(NC(=O)c2ccc3c(c2)OCC2(CC2)CO3)cc1Cl. The van der Waals surface area contributed by atoms with Gasteiger partial charge in [0.15, 0.2) is 11.5 Å². The zero-order valence-electron chi connectivity index (χ0n) is 13.8. The fraction of sp³-hybridized carbons (Fsp3) is 0.316. The van der Waals surface area contributed by atoms with Crippen molar-refractivity contribution in [3.8, 4) is 17.2 Å². The molecule has 1 saturated carbocycles. The summed E-state index contributed by atoms with van der Waals surface area (Å²) in [6, 6.07) is 10.3. The molecule has 1 spiro atoms. The molecule has 0 saturated heterocycles. The van der Waals surface area contributed by atoms with Gasteiger partial charge in [-0.1, -0.05) is 11.6 Å². The van der Waals surface area contributed by atoms with Crippen LogP contribution in [0.4, 0.5) is 5.69 Å². The Kier molecular flexibility index (Phi) is 3.96. The number of amides is 1. The maximum absolute atomic E-state index is 12.5. The van der Waals surface area contributed by atoms with Crippen LogP contribution in [0.2, 0.25) is 5.02 Å². The highest BCUT2D eigenvalue weighted by atomic mass is 35.5. The van der Waals surface area contributed by atoms with Crippen LogP contribution in [0.25, 0.3) is 0 Å². The Morgan fingerprint density at radius 3 is 2.56 bits per heavy atom. The summed E-state index contributed by atoms with van der Waals surface area (Å²) in [6.07, 6.45) is 2.26. The van der Waals surface area contributed by atoms with Gasteiger partial charge in [0, 0.05) is 16.7 Å². The molecule has 1 amide bonds. The topological polar surface area (TPSA) is 56.8 Å². The summed E-state index contributed by atoms with van der Waals surface area (Å²) in [6.45, 7) is 1.31. The molecular weight excluding hydrogens is 342 g/mol. The largest absolute Gasteiger partial charge is 0.495 e. The van der Waals surface area contributed by atoms with Crippen LogP contribution in [0.1, 0.15) is 23.2 Å². The highest BCUT2D eigenvalue weighted by molar-refractivity contribution is 6.32. The summed E-state index contributed by atoms with van der Waals surface area (Å²) in [5.74, 6) is 1.62. The summed E-state index contributed by atoms with van der Waals surface area (Å²) >= 11 is 6.09. The molecule has 0 bridgehead atoms. The van der Waals surface area contributed by atoms with Crippen molar-refractivity contribution in [2.24, 2.45) is 5.41 Å². The molecule has 1 heterocycles. The molecule has 1 fully saturated rings. The van der Waals surface area contributed by atoms with Crippen LogP contribution in [0.5, 0.6) is 17.2 Å². The van der Waals surface area contributed by atoms with Crippen molar-refractivity contribution in [2.45, 2.75) is 12.8 Å². The van der Waals surface area contributed by atoms with E-state index in [0.29, 0.717) is 46.7 Å². The number of halogens is 1. The Bertz CT molecular complexity index is 832. The van der Waals surface area contributed by atoms with Crippen molar-refractivity contribution in [1.29, 1.82) is 0 Å². The lowest BCUT2D eigenvalue weighted by atomic mass is 10.1. The van der Waals surface area contributed by atoms with E-state index in [2.05, 4.69) is 5.32 Å². The summed E-state index contributed by atoms with van der Waals surface area (Å²) < 4.78 is 16.8. The number of fused-ring (bicyclic) bond motifs is 1. The first-order valence-electron chi connectivity index (χ1n) is 8.13. The lowest BCUT2D eigenvalue weighted by Crippen LogP contribution is -2.17. The normalized spacial score (nSPS) is 16.9. The van der Waals surface area contributed by atoms with Gasteiger partial charge in [0.05, 0.1) is 25.3 Å². The molecule has 6 heteroatoms. The van der Waals surface area contributed by atoms with Crippen LogP contribution >= 0.6 is 11.6 Å². The maximum atomic E-state index is 12.5. The second-order valence-electron chi connectivity index (χ2n) is 6.54. The van der Waals surface area contributed by atoms with Gasteiger partial charge in [-0.3, -0.25) is 4.79 Å². The van der Waals surface area contributed by atoms with Crippen LogP contribution in [0.3, 0.4) is 0 Å². The molecule has 0 radical (unpaired) electrons. The van der Waals surface area contributed by atoms with E-state index in [1.165, 1.54) is 0 Å². The Morgan fingerprint density at radius 1 is 1.12 bits per heavy atom. The van der Waals surface area contributed by atoms with E-state index in [-0.39, 0.29) is 11.3 Å². The third kappa shape index (κ3) is 3.24. The average molecular weight is 360 g/mol. The molecule has 5 nitrogen and oxygen atoms in total. The van der Waals surface area contributed by atoms with Gasteiger partial charge in [0.2, 0.25) is 0 Å². The summed E-state index contributed by atoms with van der Waals surface area (Å²) in [4.78, 5) is 12.5. The molecule has 0 aromatic heterocycles. The predicted octanol–water partition coefficient (Wildman–Crippen LogP) is 4.15. The fourth-order valence-electron chi connectivity index (χ4n) is 2.80. The maximum Gasteiger partial charge on any atom is 0.255 e. The average Bonchev–Trinajstić information content (AvgIpc) is 3.41. The summed E-state index contributed by atoms with van der Waals surface area (Å²) in [5, 5.41) is 3.26. The molecule has 1 aliphatic heterocycles. The van der Waals surface area contributed by atoms with Crippen LogP contribution in [-0.2, 0) is 0 Å². The summed E-state index contributed by atoms with van der Waals surface area (Å²) in [7, 11) is 1.54. The third-order valence-electron chi connectivity index (χ3n) is 4.64. The molecular formula is C19H18ClNO4. The number of nitrogens with one attached hydrogen (secondary N) is 1. The Balaban J connectivity index is 1.51. The van der Waals surface area contributed by atoms with E-state index in [1.54, 1.807) is 43.5 Å². The molecule has 2 aromatic rings. The van der Waals surface area contributed by atoms with Crippen LogP contribution in [0, 0.1) is 5.41 Å². The molecule has 0 atom stereocenters. The molecule has 2 aromatic carbocycles. The van der Waals surface area contributed by atoms with Gasteiger partial charge in [-0.25, -0.2) is 0 Å². The zero-order chi connectivity index (χ0) is 17.4. The minimum absolute atomic E-state index is 0.168. The Labute approximate surface area is 150 Å². The second-order valence-corrected chi connectivity index (χ2v) is 6.95. The second kappa shape index (κ2) is 6.15. The minimum Gasteiger partial charge on any atom is -0.495 e. The standard InChI is InChI=1S/C19H18ClNO4/c1-23-15-5-3-13(9-14(15)20)21-18(22)12-2-4-16-17(8-12)25-11-19(6-7-19)10-24-16/h2-5,8-9H,6-7,10-11H2,1H3,(H,21,22). The molecule has 2 aliphatic rings. The predicted molar refractivity (Wildman–Crippen MR) is 95.1 cm³/mol. The van der Waals surface area contributed by atoms with Crippen molar-refractivity contribution < 1.29 is 19.0 Å². The molecule has 0 unspecified atom stereocenters. The smallest absolute Gasteiger partial charge is 0.255 e. The number of hydrogen-bond acceptors (Lipinski definition) is 4. The Hall–Kier alpha value is -2.40. The third-order valence-corrected chi connectivity index (χ3v) is 4.94. The van der Waals surface area contributed by atoms with Gasteiger partial charge < -0.3 is 19.5 Å². The first-order chi connectivity index (χ1) is 12.1. The minimum atomic E-state index is -0.238. The quantitative estimate of drug-likeness (QED) is 0.894. The number of ether oxygens (including phenoxy) is 3. The number of carbonyl (C=O) groups excluding carboxylic acids is 1. The molecule has 130 valence electrons. The van der Waals surface area contributed by atoms with E-state index in [1.807, 2.05) is 0 Å². The number of anilines is 1. The number of carbonyl (C=O) groups is 1. The number of hydrogen-bond donors (Lipinski definition) is 1. The van der Waals surface area contributed by atoms with Gasteiger partial charge in [0.1, 0.15) is 5.75 Å². The fourth-order valence-corrected chi connectivity index (χ4v) is 3.06. The van der Waals surface area contributed by atoms with Crippen molar-refractivity contribution in [3.63, 3.8) is 0 Å². The summed E-state index contributed by atoms with van der Waals surface area (Å²) in [5.41, 5.74) is 1.27. The van der Waals surface area contributed by atoms with Crippen molar-refractivity contribution in [2.75, 3.05) is 25.6 Å². The van der Waals surface area contributed by atoms with Gasteiger partial charge in [-0.15, -0.1) is 0 Å². The molecule has 1 aliphatic carbocycles.